The summed E-state index contributed by atoms with van der Waals surface area (Å²) < 4.78 is 36.6. The van der Waals surface area contributed by atoms with E-state index >= 15 is 0 Å². The maximum Gasteiger partial charge on any atom is 0.175 e. The average Bonchev–Trinajstić information content (AvgIpc) is 2.27. The van der Waals surface area contributed by atoms with Crippen LogP contribution in [0.4, 0.5) is 10.1 Å². The first-order valence-electron chi connectivity index (χ1n) is 5.88. The second-order valence-corrected chi connectivity index (χ2v) is 6.75. The molecule has 1 aliphatic heterocycles. The summed E-state index contributed by atoms with van der Waals surface area (Å²) in [6.45, 7) is 1.36. The third kappa shape index (κ3) is 2.81. The highest BCUT2D eigenvalue weighted by Crippen LogP contribution is 2.25. The van der Waals surface area contributed by atoms with Crippen molar-refractivity contribution in [1.82, 2.24) is 0 Å². The van der Waals surface area contributed by atoms with Crippen LogP contribution < -0.4 is 10.6 Å². The quantitative estimate of drug-likeness (QED) is 0.877. The van der Waals surface area contributed by atoms with Gasteiger partial charge in [0.1, 0.15) is 5.82 Å². The van der Waals surface area contributed by atoms with Crippen LogP contribution in [-0.2, 0) is 9.84 Å². The van der Waals surface area contributed by atoms with Crippen LogP contribution in [-0.4, -0.2) is 33.8 Å². The van der Waals surface area contributed by atoms with Crippen molar-refractivity contribution < 1.29 is 12.8 Å². The molecule has 1 aliphatic rings. The summed E-state index contributed by atoms with van der Waals surface area (Å²) in [7, 11) is -3.37. The van der Waals surface area contributed by atoms with E-state index in [2.05, 4.69) is 0 Å². The highest BCUT2D eigenvalue weighted by Gasteiger charge is 2.20. The number of anilines is 1. The van der Waals surface area contributed by atoms with Crippen molar-refractivity contribution in [2.24, 2.45) is 5.73 Å². The van der Waals surface area contributed by atoms with Gasteiger partial charge in [-0.3, -0.25) is 0 Å². The Kier molecular flexibility index (Phi) is 3.59. The average molecular weight is 272 g/mol. The normalized spacial score (nSPS) is 21.1. The summed E-state index contributed by atoms with van der Waals surface area (Å²) in [4.78, 5) is 1.88. The molecule has 100 valence electrons. The Morgan fingerprint density at radius 2 is 2.17 bits per heavy atom. The van der Waals surface area contributed by atoms with Gasteiger partial charge in [0.05, 0.1) is 10.6 Å². The van der Waals surface area contributed by atoms with E-state index in [9.17, 15) is 12.8 Å². The predicted molar refractivity (Wildman–Crippen MR) is 68.9 cm³/mol. The summed E-state index contributed by atoms with van der Waals surface area (Å²) in [5.74, 6) is -0.507. The molecule has 2 rings (SSSR count). The molecule has 0 bridgehead atoms. The first kappa shape index (κ1) is 13.3. The van der Waals surface area contributed by atoms with Gasteiger partial charge >= 0.3 is 0 Å². The fraction of sp³-hybridized carbons (Fsp3) is 0.500. The van der Waals surface area contributed by atoms with Crippen molar-refractivity contribution in [3.63, 3.8) is 0 Å². The van der Waals surface area contributed by atoms with E-state index in [1.165, 1.54) is 12.1 Å². The van der Waals surface area contributed by atoms with Gasteiger partial charge in [0.2, 0.25) is 0 Å². The highest BCUT2D eigenvalue weighted by atomic mass is 32.2. The molecule has 1 aromatic carbocycles. The molecule has 0 radical (unpaired) electrons. The molecule has 0 amide bonds. The van der Waals surface area contributed by atoms with Crippen molar-refractivity contribution in [2.45, 2.75) is 23.8 Å². The van der Waals surface area contributed by atoms with Crippen LogP contribution in [0.15, 0.2) is 23.1 Å². The van der Waals surface area contributed by atoms with E-state index in [1.807, 2.05) is 4.90 Å². The number of piperidine rings is 1. The number of benzene rings is 1. The maximum absolute atomic E-state index is 13.9. The Bertz CT molecular complexity index is 545. The molecule has 6 heteroatoms. The van der Waals surface area contributed by atoms with Gasteiger partial charge in [-0.2, -0.15) is 0 Å². The highest BCUT2D eigenvalue weighted by molar-refractivity contribution is 7.90. The molecule has 1 atom stereocenters. The minimum Gasteiger partial charge on any atom is -0.368 e. The van der Waals surface area contributed by atoms with Crippen LogP contribution in [0.5, 0.6) is 0 Å². The monoisotopic (exact) mass is 272 g/mol. The number of rotatable bonds is 2. The van der Waals surface area contributed by atoms with Crippen molar-refractivity contribution in [1.29, 1.82) is 0 Å². The molecule has 1 saturated heterocycles. The van der Waals surface area contributed by atoms with Gasteiger partial charge in [-0.25, -0.2) is 12.8 Å². The molecule has 0 saturated carbocycles. The molecule has 2 N–H and O–H groups in total. The Morgan fingerprint density at radius 1 is 1.44 bits per heavy atom. The summed E-state index contributed by atoms with van der Waals surface area (Å²) in [6.07, 6.45) is 2.94. The van der Waals surface area contributed by atoms with E-state index < -0.39 is 15.7 Å². The van der Waals surface area contributed by atoms with Crippen LogP contribution in [0, 0.1) is 5.82 Å². The fourth-order valence-electron chi connectivity index (χ4n) is 2.20. The zero-order chi connectivity index (χ0) is 13.3. The molecule has 1 heterocycles. The number of sulfone groups is 1. The van der Waals surface area contributed by atoms with Crippen molar-refractivity contribution in [3.05, 3.63) is 24.0 Å². The number of nitrogens with zero attached hydrogens (tertiary/aromatic N) is 1. The van der Waals surface area contributed by atoms with Gasteiger partial charge in [-0.1, -0.05) is 0 Å². The number of hydrogen-bond donors (Lipinski definition) is 1. The topological polar surface area (TPSA) is 63.4 Å². The lowest BCUT2D eigenvalue weighted by atomic mass is 10.1. The second kappa shape index (κ2) is 4.85. The Balaban J connectivity index is 2.30. The summed E-state index contributed by atoms with van der Waals surface area (Å²) in [5, 5.41) is 0. The lowest BCUT2D eigenvalue weighted by Gasteiger charge is -2.32. The minimum atomic E-state index is -3.37. The van der Waals surface area contributed by atoms with Crippen LogP contribution in [0.1, 0.15) is 12.8 Å². The maximum atomic E-state index is 13.9. The molecule has 0 unspecified atom stereocenters. The molecule has 0 aromatic heterocycles. The third-order valence-electron chi connectivity index (χ3n) is 3.15. The summed E-state index contributed by atoms with van der Waals surface area (Å²) in [5.41, 5.74) is 6.28. The third-order valence-corrected chi connectivity index (χ3v) is 4.26. The molecule has 1 fully saturated rings. The van der Waals surface area contributed by atoms with Gasteiger partial charge in [0.15, 0.2) is 9.84 Å². The van der Waals surface area contributed by atoms with E-state index in [-0.39, 0.29) is 10.9 Å². The molecule has 0 aliphatic carbocycles. The number of hydrogen-bond acceptors (Lipinski definition) is 4. The molecule has 4 nitrogen and oxygen atoms in total. The number of nitrogens with two attached hydrogens (primary N) is 1. The standard InChI is InChI=1S/C12H17FN2O2S/c1-18(16,17)10-4-5-12(11(13)7-10)15-6-2-3-9(14)8-15/h4-5,7,9H,2-3,6,8,14H2,1H3/t9-/m1/s1. The van der Waals surface area contributed by atoms with E-state index in [1.54, 1.807) is 0 Å². The van der Waals surface area contributed by atoms with E-state index in [0.29, 0.717) is 12.2 Å². The van der Waals surface area contributed by atoms with Gasteiger partial charge < -0.3 is 10.6 Å². The van der Waals surface area contributed by atoms with Crippen molar-refractivity contribution in [2.75, 3.05) is 24.2 Å². The molecular formula is C12H17FN2O2S. The molecular weight excluding hydrogens is 255 g/mol. The van der Waals surface area contributed by atoms with Gasteiger partial charge in [0.25, 0.3) is 0 Å². The van der Waals surface area contributed by atoms with Crippen molar-refractivity contribution in [3.8, 4) is 0 Å². The Hall–Kier alpha value is -1.14. The van der Waals surface area contributed by atoms with Crippen LogP contribution in [0.2, 0.25) is 0 Å². The molecule has 0 spiro atoms. The smallest absolute Gasteiger partial charge is 0.175 e. The first-order valence-corrected chi connectivity index (χ1v) is 7.77. The van der Waals surface area contributed by atoms with Crippen LogP contribution in [0.25, 0.3) is 0 Å². The van der Waals surface area contributed by atoms with Crippen molar-refractivity contribution >= 4 is 15.5 Å². The second-order valence-electron chi connectivity index (χ2n) is 4.73. The zero-order valence-electron chi connectivity index (χ0n) is 10.3. The lowest BCUT2D eigenvalue weighted by Crippen LogP contribution is -2.43. The predicted octanol–water partition coefficient (Wildman–Crippen LogP) is 1.16. The first-order chi connectivity index (χ1) is 8.38. The number of halogens is 1. The van der Waals surface area contributed by atoms with Gasteiger partial charge in [0, 0.05) is 25.4 Å². The van der Waals surface area contributed by atoms with E-state index in [4.69, 9.17) is 5.73 Å². The SMILES string of the molecule is CS(=O)(=O)c1ccc(N2CCC[C@@H](N)C2)c(F)c1. The zero-order valence-corrected chi connectivity index (χ0v) is 11.1. The largest absolute Gasteiger partial charge is 0.368 e. The summed E-state index contributed by atoms with van der Waals surface area (Å²) in [6, 6.07) is 4.08. The Labute approximate surface area is 107 Å². The fourth-order valence-corrected chi connectivity index (χ4v) is 2.84. The molecule has 18 heavy (non-hydrogen) atoms. The van der Waals surface area contributed by atoms with E-state index in [0.717, 1.165) is 31.7 Å². The Morgan fingerprint density at radius 3 is 2.72 bits per heavy atom. The van der Waals surface area contributed by atoms with Gasteiger partial charge in [-0.15, -0.1) is 0 Å². The van der Waals surface area contributed by atoms with Crippen LogP contribution in [0.3, 0.4) is 0 Å². The minimum absolute atomic E-state index is 0.00468. The van der Waals surface area contributed by atoms with Crippen LogP contribution >= 0.6 is 0 Å². The lowest BCUT2D eigenvalue weighted by molar-refractivity contribution is 0.497. The van der Waals surface area contributed by atoms with Gasteiger partial charge in [-0.05, 0) is 31.0 Å². The molecule has 1 aromatic rings. The summed E-state index contributed by atoms with van der Waals surface area (Å²) >= 11 is 0.